The monoisotopic (exact) mass is 179 g/mol. The van der Waals surface area contributed by atoms with E-state index in [-0.39, 0.29) is 5.84 Å². The zero-order chi connectivity index (χ0) is 8.69. The van der Waals surface area contributed by atoms with Gasteiger partial charge in [0.15, 0.2) is 5.84 Å². The second kappa shape index (κ2) is 6.11. The van der Waals surface area contributed by atoms with Crippen molar-refractivity contribution in [3.8, 4) is 0 Å². The molecule has 0 bridgehead atoms. The minimum atomic E-state index is -0.788. The lowest BCUT2D eigenvalue weighted by atomic mass is 10.6. The smallest absolute Gasteiger partial charge is 0.153 e. The van der Waals surface area contributed by atoms with Crippen LogP contribution in [0.25, 0.3) is 0 Å². The van der Waals surface area contributed by atoms with Gasteiger partial charge in [0.05, 0.1) is 6.54 Å². The van der Waals surface area contributed by atoms with Gasteiger partial charge in [-0.15, -0.1) is 0 Å². The van der Waals surface area contributed by atoms with Crippen LogP contribution < -0.4 is 11.1 Å². The Labute approximate surface area is 68.1 Å². The van der Waals surface area contributed by atoms with E-state index in [1.165, 1.54) is 0 Å². The summed E-state index contributed by atoms with van der Waals surface area (Å²) in [6.45, 7) is 0.938. The van der Waals surface area contributed by atoms with Crippen LogP contribution in [-0.2, 0) is 10.8 Å². The summed E-state index contributed by atoms with van der Waals surface area (Å²) in [4.78, 5) is 0. The maximum Gasteiger partial charge on any atom is 0.153 e. The minimum absolute atomic E-state index is 0.131. The molecule has 0 saturated heterocycles. The van der Waals surface area contributed by atoms with Crippen molar-refractivity contribution in [2.45, 2.75) is 0 Å². The van der Waals surface area contributed by atoms with Gasteiger partial charge in [0.2, 0.25) is 0 Å². The first-order valence-electron chi connectivity index (χ1n) is 3.14. The highest BCUT2D eigenvalue weighted by molar-refractivity contribution is 7.84. The van der Waals surface area contributed by atoms with Gasteiger partial charge in [-0.25, -0.2) is 0 Å². The van der Waals surface area contributed by atoms with E-state index in [9.17, 15) is 4.21 Å². The molecule has 1 unspecified atom stereocenters. The van der Waals surface area contributed by atoms with Gasteiger partial charge >= 0.3 is 0 Å². The lowest BCUT2D eigenvalue weighted by Gasteiger charge is -2.00. The number of nitrogens with one attached hydrogen (secondary N) is 1. The van der Waals surface area contributed by atoms with Gasteiger partial charge < -0.3 is 16.3 Å². The third kappa shape index (κ3) is 7.27. The van der Waals surface area contributed by atoms with Crippen LogP contribution in [0.4, 0.5) is 0 Å². The molecule has 66 valence electrons. The largest absolute Gasteiger partial charge is 0.409 e. The van der Waals surface area contributed by atoms with Crippen molar-refractivity contribution in [3.63, 3.8) is 0 Å². The molecule has 11 heavy (non-hydrogen) atoms. The zero-order valence-electron chi connectivity index (χ0n) is 6.41. The van der Waals surface area contributed by atoms with Gasteiger partial charge in [0.1, 0.15) is 0 Å². The third-order valence-corrected chi connectivity index (χ3v) is 1.78. The maximum absolute atomic E-state index is 10.5. The molecular weight excluding hydrogens is 166 g/mol. The van der Waals surface area contributed by atoms with Gasteiger partial charge in [-0.2, -0.15) is 0 Å². The first-order valence-corrected chi connectivity index (χ1v) is 4.86. The topological polar surface area (TPSA) is 87.7 Å². The molecule has 0 spiro atoms. The zero-order valence-corrected chi connectivity index (χ0v) is 7.23. The average Bonchev–Trinajstić information content (AvgIpc) is 1.97. The highest BCUT2D eigenvalue weighted by Crippen LogP contribution is 1.71. The molecule has 0 aromatic rings. The van der Waals surface area contributed by atoms with Gasteiger partial charge in [0.25, 0.3) is 0 Å². The summed E-state index contributed by atoms with van der Waals surface area (Å²) in [7, 11) is -0.788. The average molecular weight is 179 g/mol. The van der Waals surface area contributed by atoms with Crippen LogP contribution in [0.15, 0.2) is 5.16 Å². The number of oxime groups is 1. The third-order valence-electron chi connectivity index (χ3n) is 1.00. The fourth-order valence-corrected chi connectivity index (χ4v) is 0.900. The fraction of sp³-hybridized carbons (Fsp3) is 0.800. The van der Waals surface area contributed by atoms with Crippen LogP contribution in [0.2, 0.25) is 0 Å². The molecule has 0 radical (unpaired) electrons. The van der Waals surface area contributed by atoms with Crippen LogP contribution in [-0.4, -0.2) is 40.3 Å². The Kier molecular flexibility index (Phi) is 5.77. The molecule has 0 fully saturated rings. The van der Waals surface area contributed by atoms with Gasteiger partial charge in [-0.05, 0) is 0 Å². The van der Waals surface area contributed by atoms with Gasteiger partial charge in [0, 0.05) is 29.4 Å². The van der Waals surface area contributed by atoms with Gasteiger partial charge in [-0.1, -0.05) is 5.16 Å². The standard InChI is InChI=1S/C5H13N3O2S/c1-11(10)3-2-7-4-5(6)8-9/h7,9H,2-4H2,1H3,(H2,6,8). The summed E-state index contributed by atoms with van der Waals surface area (Å²) in [6.07, 6.45) is 1.63. The highest BCUT2D eigenvalue weighted by Gasteiger charge is 1.93. The lowest BCUT2D eigenvalue weighted by molar-refractivity contribution is 0.317. The van der Waals surface area contributed by atoms with Crippen molar-refractivity contribution in [1.29, 1.82) is 0 Å². The summed E-state index contributed by atoms with van der Waals surface area (Å²) >= 11 is 0. The summed E-state index contributed by atoms with van der Waals surface area (Å²) in [6, 6.07) is 0. The Bertz CT molecular complexity index is 160. The van der Waals surface area contributed by atoms with Crippen molar-refractivity contribution >= 4 is 16.6 Å². The Morgan fingerprint density at radius 3 is 2.91 bits per heavy atom. The molecule has 4 N–H and O–H groups in total. The lowest BCUT2D eigenvalue weighted by Crippen LogP contribution is -2.31. The second-order valence-electron chi connectivity index (χ2n) is 2.05. The Balaban J connectivity index is 3.21. The Hall–Kier alpha value is -0.620. The molecule has 0 aromatic heterocycles. The van der Waals surface area contributed by atoms with E-state index in [0.29, 0.717) is 18.8 Å². The molecular formula is C5H13N3O2S. The maximum atomic E-state index is 10.5. The van der Waals surface area contributed by atoms with Crippen molar-refractivity contribution in [1.82, 2.24) is 5.32 Å². The summed E-state index contributed by atoms with van der Waals surface area (Å²) in [5.41, 5.74) is 5.15. The predicted octanol–water partition coefficient (Wildman–Crippen LogP) is -1.30. The first-order chi connectivity index (χ1) is 5.16. The molecule has 0 rings (SSSR count). The minimum Gasteiger partial charge on any atom is -0.409 e. The van der Waals surface area contributed by atoms with E-state index in [1.807, 2.05) is 0 Å². The molecule has 5 nitrogen and oxygen atoms in total. The SMILES string of the molecule is CS(=O)CCNCC(N)=NO. The fourth-order valence-electron chi connectivity index (χ4n) is 0.468. The quantitative estimate of drug-likeness (QED) is 0.161. The number of amidine groups is 1. The summed E-state index contributed by atoms with van der Waals surface area (Å²) < 4.78 is 10.5. The second-order valence-corrected chi connectivity index (χ2v) is 3.60. The molecule has 0 aliphatic rings. The number of hydrogen-bond acceptors (Lipinski definition) is 4. The van der Waals surface area contributed by atoms with Crippen LogP contribution >= 0.6 is 0 Å². The van der Waals surface area contributed by atoms with Crippen molar-refractivity contribution < 1.29 is 9.42 Å². The number of nitrogens with two attached hydrogens (primary N) is 1. The summed E-state index contributed by atoms with van der Waals surface area (Å²) in [5.74, 6) is 0.713. The van der Waals surface area contributed by atoms with Crippen molar-refractivity contribution in [3.05, 3.63) is 0 Å². The molecule has 1 atom stereocenters. The van der Waals surface area contributed by atoms with Gasteiger partial charge in [-0.3, -0.25) is 4.21 Å². The number of rotatable bonds is 5. The van der Waals surface area contributed by atoms with Crippen LogP contribution in [0.5, 0.6) is 0 Å². The van der Waals surface area contributed by atoms with E-state index in [4.69, 9.17) is 10.9 Å². The van der Waals surface area contributed by atoms with E-state index in [1.54, 1.807) is 6.26 Å². The predicted molar refractivity (Wildman–Crippen MR) is 45.2 cm³/mol. The normalized spacial score (nSPS) is 14.8. The molecule has 0 aromatic carbocycles. The molecule has 0 amide bonds. The molecule has 6 heteroatoms. The van der Waals surface area contributed by atoms with E-state index in [2.05, 4.69) is 10.5 Å². The molecule has 0 aliphatic carbocycles. The van der Waals surface area contributed by atoms with Crippen LogP contribution in [0.3, 0.4) is 0 Å². The van der Waals surface area contributed by atoms with Crippen molar-refractivity contribution in [2.24, 2.45) is 10.9 Å². The summed E-state index contributed by atoms with van der Waals surface area (Å²) in [5, 5.41) is 13.7. The Morgan fingerprint density at radius 2 is 2.45 bits per heavy atom. The first kappa shape index (κ1) is 10.4. The molecule has 0 heterocycles. The van der Waals surface area contributed by atoms with E-state index >= 15 is 0 Å². The number of hydrogen-bond donors (Lipinski definition) is 3. The van der Waals surface area contributed by atoms with E-state index < -0.39 is 10.8 Å². The highest BCUT2D eigenvalue weighted by atomic mass is 32.2. The number of nitrogens with zero attached hydrogens (tertiary/aromatic N) is 1. The Morgan fingerprint density at radius 1 is 1.82 bits per heavy atom. The molecule has 0 aliphatic heterocycles. The van der Waals surface area contributed by atoms with E-state index in [0.717, 1.165) is 0 Å². The van der Waals surface area contributed by atoms with Crippen LogP contribution in [0.1, 0.15) is 0 Å². The van der Waals surface area contributed by atoms with Crippen molar-refractivity contribution in [2.75, 3.05) is 25.1 Å². The van der Waals surface area contributed by atoms with Crippen LogP contribution in [0, 0.1) is 0 Å². The molecule has 0 saturated carbocycles.